The third-order valence-corrected chi connectivity index (χ3v) is 3.88. The Hall–Kier alpha value is -2.98. The van der Waals surface area contributed by atoms with Crippen LogP contribution in [0.3, 0.4) is 0 Å². The van der Waals surface area contributed by atoms with Crippen molar-refractivity contribution < 1.29 is 14.3 Å². The quantitative estimate of drug-likeness (QED) is 0.794. The van der Waals surface area contributed by atoms with Crippen molar-refractivity contribution >= 4 is 5.91 Å². The van der Waals surface area contributed by atoms with Gasteiger partial charge in [0, 0.05) is 25.4 Å². The molecule has 1 amide bonds. The van der Waals surface area contributed by atoms with E-state index < -0.39 is 0 Å². The summed E-state index contributed by atoms with van der Waals surface area (Å²) in [6, 6.07) is 11.7. The van der Waals surface area contributed by atoms with Crippen LogP contribution < -0.4 is 4.74 Å². The third kappa shape index (κ3) is 4.52. The second kappa shape index (κ2) is 8.22. The lowest BCUT2D eigenvalue weighted by molar-refractivity contribution is -0.135. The van der Waals surface area contributed by atoms with Crippen LogP contribution in [0.15, 0.2) is 42.7 Å². The van der Waals surface area contributed by atoms with Gasteiger partial charge in [-0.05, 0) is 5.56 Å². The summed E-state index contributed by atoms with van der Waals surface area (Å²) in [5.41, 5.74) is 1.18. The number of amides is 1. The maximum absolute atomic E-state index is 12.2. The maximum Gasteiger partial charge on any atom is 0.251 e. The molecule has 0 spiro atoms. The number of rotatable bonds is 6. The summed E-state index contributed by atoms with van der Waals surface area (Å²) in [7, 11) is 0. The maximum atomic E-state index is 12.2. The van der Waals surface area contributed by atoms with Crippen molar-refractivity contribution in [3.63, 3.8) is 0 Å². The molecule has 1 saturated heterocycles. The van der Waals surface area contributed by atoms with Crippen molar-refractivity contribution in [3.8, 4) is 11.9 Å². The van der Waals surface area contributed by atoms with E-state index in [0.29, 0.717) is 26.1 Å². The van der Waals surface area contributed by atoms with E-state index >= 15 is 0 Å². The van der Waals surface area contributed by atoms with E-state index in [2.05, 4.69) is 9.97 Å². The number of benzene rings is 1. The molecule has 0 radical (unpaired) electrons. The molecule has 7 nitrogen and oxygen atoms in total. The van der Waals surface area contributed by atoms with Gasteiger partial charge in [-0.15, -0.1) is 0 Å². The molecule has 2 aromatic rings. The van der Waals surface area contributed by atoms with Crippen LogP contribution in [0.5, 0.6) is 5.88 Å². The van der Waals surface area contributed by atoms with Crippen LogP contribution in [0.2, 0.25) is 0 Å². The average Bonchev–Trinajstić information content (AvgIpc) is 3.12. The highest BCUT2D eigenvalue weighted by Gasteiger charge is 2.28. The van der Waals surface area contributed by atoms with Crippen molar-refractivity contribution in [3.05, 3.63) is 54.0 Å². The number of likely N-dealkylation sites (tertiary alicyclic amines) is 1. The lowest BCUT2D eigenvalue weighted by atomic mass is 10.2. The van der Waals surface area contributed by atoms with E-state index in [4.69, 9.17) is 14.7 Å². The Bertz CT molecular complexity index is 760. The molecule has 2 heterocycles. The first-order valence-electron chi connectivity index (χ1n) is 8.03. The summed E-state index contributed by atoms with van der Waals surface area (Å²) in [4.78, 5) is 21.9. The Kier molecular flexibility index (Phi) is 5.54. The zero-order chi connectivity index (χ0) is 17.5. The molecular weight excluding hydrogens is 320 g/mol. The predicted octanol–water partition coefficient (Wildman–Crippen LogP) is 1.54. The van der Waals surface area contributed by atoms with Gasteiger partial charge in [0.1, 0.15) is 18.8 Å². The fraction of sp³-hybridized carbons (Fsp3) is 0.333. The summed E-state index contributed by atoms with van der Waals surface area (Å²) in [5.74, 6) is 0.145. The lowest BCUT2D eigenvalue weighted by Gasteiger charge is -2.17. The minimum Gasteiger partial charge on any atom is -0.470 e. The van der Waals surface area contributed by atoms with E-state index in [1.54, 1.807) is 4.90 Å². The van der Waals surface area contributed by atoms with Crippen molar-refractivity contribution in [2.24, 2.45) is 0 Å². The van der Waals surface area contributed by atoms with E-state index in [-0.39, 0.29) is 30.2 Å². The van der Waals surface area contributed by atoms with Gasteiger partial charge in [-0.1, -0.05) is 30.3 Å². The van der Waals surface area contributed by atoms with Crippen LogP contribution >= 0.6 is 0 Å². The SMILES string of the molecule is N#Cc1nccnc1OC1CCN(C(=O)COCc2ccccc2)C1. The highest BCUT2D eigenvalue weighted by atomic mass is 16.5. The number of aromatic nitrogens is 2. The van der Waals surface area contributed by atoms with Crippen LogP contribution in [-0.4, -0.2) is 46.6 Å². The fourth-order valence-corrected chi connectivity index (χ4v) is 2.62. The molecule has 1 unspecified atom stereocenters. The number of ether oxygens (including phenoxy) is 2. The van der Waals surface area contributed by atoms with Crippen molar-refractivity contribution in [1.82, 2.24) is 14.9 Å². The monoisotopic (exact) mass is 338 g/mol. The molecule has 1 aliphatic heterocycles. The van der Waals surface area contributed by atoms with Gasteiger partial charge < -0.3 is 14.4 Å². The van der Waals surface area contributed by atoms with Gasteiger partial charge in [-0.2, -0.15) is 5.26 Å². The van der Waals surface area contributed by atoms with Crippen molar-refractivity contribution in [2.75, 3.05) is 19.7 Å². The summed E-state index contributed by atoms with van der Waals surface area (Å²) in [6.07, 6.45) is 3.42. The minimum atomic E-state index is -0.193. The second-order valence-electron chi connectivity index (χ2n) is 5.67. The first-order chi connectivity index (χ1) is 12.3. The van der Waals surface area contributed by atoms with E-state index in [9.17, 15) is 4.79 Å². The van der Waals surface area contributed by atoms with Gasteiger partial charge in [0.05, 0.1) is 13.2 Å². The normalized spacial score (nSPS) is 16.4. The number of nitrogens with zero attached hydrogens (tertiary/aromatic N) is 4. The molecule has 0 N–H and O–H groups in total. The number of hydrogen-bond acceptors (Lipinski definition) is 6. The molecule has 7 heteroatoms. The van der Waals surface area contributed by atoms with Crippen LogP contribution in [-0.2, 0) is 16.1 Å². The topological polar surface area (TPSA) is 88.3 Å². The highest BCUT2D eigenvalue weighted by molar-refractivity contribution is 5.77. The smallest absolute Gasteiger partial charge is 0.251 e. The Morgan fingerprint density at radius 1 is 1.28 bits per heavy atom. The molecule has 0 saturated carbocycles. The van der Waals surface area contributed by atoms with Crippen LogP contribution in [0.4, 0.5) is 0 Å². The van der Waals surface area contributed by atoms with Gasteiger partial charge in [-0.25, -0.2) is 9.97 Å². The molecule has 128 valence electrons. The summed E-state index contributed by atoms with van der Waals surface area (Å²) < 4.78 is 11.2. The average molecular weight is 338 g/mol. The van der Waals surface area contributed by atoms with Crippen LogP contribution in [0, 0.1) is 11.3 Å². The zero-order valence-corrected chi connectivity index (χ0v) is 13.7. The van der Waals surface area contributed by atoms with Crippen LogP contribution in [0.1, 0.15) is 17.7 Å². The number of nitriles is 1. The first kappa shape index (κ1) is 16.9. The summed E-state index contributed by atoms with van der Waals surface area (Å²) in [5, 5.41) is 9.01. The zero-order valence-electron chi connectivity index (χ0n) is 13.7. The molecular formula is C18H18N4O3. The largest absolute Gasteiger partial charge is 0.470 e. The van der Waals surface area contributed by atoms with E-state index in [0.717, 1.165) is 5.56 Å². The van der Waals surface area contributed by atoms with Gasteiger partial charge in [0.2, 0.25) is 11.6 Å². The Morgan fingerprint density at radius 3 is 2.88 bits per heavy atom. The second-order valence-corrected chi connectivity index (χ2v) is 5.67. The molecule has 25 heavy (non-hydrogen) atoms. The standard InChI is InChI=1S/C18H18N4O3/c19-10-16-18(21-8-7-20-16)25-15-6-9-22(11-15)17(23)13-24-12-14-4-2-1-3-5-14/h1-5,7-8,15H,6,9,11-13H2. The van der Waals surface area contributed by atoms with Gasteiger partial charge in [0.15, 0.2) is 0 Å². The molecule has 1 atom stereocenters. The van der Waals surface area contributed by atoms with Crippen molar-refractivity contribution in [1.29, 1.82) is 5.26 Å². The third-order valence-electron chi connectivity index (χ3n) is 3.88. The molecule has 1 aromatic heterocycles. The molecule has 3 rings (SSSR count). The molecule has 1 aromatic carbocycles. The molecule has 1 fully saturated rings. The Morgan fingerprint density at radius 2 is 2.08 bits per heavy atom. The molecule has 0 aliphatic carbocycles. The predicted molar refractivity (Wildman–Crippen MR) is 88.5 cm³/mol. The molecule has 0 bridgehead atoms. The number of carbonyl (C=O) groups excluding carboxylic acids is 1. The van der Waals surface area contributed by atoms with Crippen LogP contribution in [0.25, 0.3) is 0 Å². The highest BCUT2D eigenvalue weighted by Crippen LogP contribution is 2.18. The summed E-state index contributed by atoms with van der Waals surface area (Å²) in [6.45, 7) is 1.50. The molecule has 1 aliphatic rings. The number of carbonyl (C=O) groups is 1. The van der Waals surface area contributed by atoms with Crippen molar-refractivity contribution in [2.45, 2.75) is 19.1 Å². The Labute approximate surface area is 145 Å². The van der Waals surface area contributed by atoms with E-state index in [1.165, 1.54) is 12.4 Å². The van der Waals surface area contributed by atoms with Gasteiger partial charge in [-0.3, -0.25) is 4.79 Å². The fourth-order valence-electron chi connectivity index (χ4n) is 2.62. The van der Waals surface area contributed by atoms with Gasteiger partial charge >= 0.3 is 0 Å². The Balaban J connectivity index is 1.46. The summed E-state index contributed by atoms with van der Waals surface area (Å²) >= 11 is 0. The minimum absolute atomic E-state index is 0.0379. The van der Waals surface area contributed by atoms with Gasteiger partial charge in [0.25, 0.3) is 5.88 Å². The van der Waals surface area contributed by atoms with E-state index in [1.807, 2.05) is 36.4 Å². The lowest BCUT2D eigenvalue weighted by Crippen LogP contribution is -2.33. The number of hydrogen-bond donors (Lipinski definition) is 0. The first-order valence-corrected chi connectivity index (χ1v) is 8.03.